The second kappa shape index (κ2) is 5.50. The van der Waals surface area contributed by atoms with Crippen LogP contribution >= 0.6 is 11.8 Å². The van der Waals surface area contributed by atoms with E-state index in [1.54, 1.807) is 0 Å². The molecule has 0 aromatic heterocycles. The van der Waals surface area contributed by atoms with Crippen LogP contribution in [0.2, 0.25) is 0 Å². The fourth-order valence-corrected chi connectivity index (χ4v) is 2.74. The smallest absolute Gasteiger partial charge is 0.222 e. The van der Waals surface area contributed by atoms with Crippen molar-refractivity contribution in [3.63, 3.8) is 0 Å². The van der Waals surface area contributed by atoms with Gasteiger partial charge in [-0.3, -0.25) is 4.79 Å². The average Bonchev–Trinajstić information content (AvgIpc) is 2.52. The second-order valence-electron chi connectivity index (χ2n) is 3.25. The van der Waals surface area contributed by atoms with E-state index in [2.05, 4.69) is 17.6 Å². The first-order valence-electron chi connectivity index (χ1n) is 4.90. The molecule has 0 aromatic carbocycles. The number of carbonyl (C=O) groups is 1. The molecule has 0 aromatic rings. The number of rotatable bonds is 4. The van der Waals surface area contributed by atoms with E-state index in [1.807, 2.05) is 18.7 Å². The Morgan fingerprint density at radius 3 is 2.92 bits per heavy atom. The highest BCUT2D eigenvalue weighted by atomic mass is 32.2. The van der Waals surface area contributed by atoms with E-state index in [-0.39, 0.29) is 5.91 Å². The molecule has 1 aliphatic rings. The molecule has 1 heterocycles. The van der Waals surface area contributed by atoms with Crippen molar-refractivity contribution in [1.82, 2.24) is 10.6 Å². The van der Waals surface area contributed by atoms with Crippen LogP contribution in [0.3, 0.4) is 0 Å². The number of carbonyl (C=O) groups excluding carboxylic acids is 1. The van der Waals surface area contributed by atoms with E-state index in [9.17, 15) is 4.79 Å². The molecule has 2 unspecified atom stereocenters. The third-order valence-corrected chi connectivity index (χ3v) is 3.46. The van der Waals surface area contributed by atoms with E-state index in [4.69, 9.17) is 0 Å². The zero-order valence-electron chi connectivity index (χ0n) is 8.30. The summed E-state index contributed by atoms with van der Waals surface area (Å²) < 4.78 is 0. The van der Waals surface area contributed by atoms with Crippen molar-refractivity contribution in [3.05, 3.63) is 0 Å². The zero-order valence-corrected chi connectivity index (χ0v) is 9.12. The molecule has 1 amide bonds. The lowest BCUT2D eigenvalue weighted by Crippen LogP contribution is -2.34. The molecule has 0 spiro atoms. The van der Waals surface area contributed by atoms with Gasteiger partial charge in [0.2, 0.25) is 5.91 Å². The van der Waals surface area contributed by atoms with Crippen molar-refractivity contribution in [2.24, 2.45) is 0 Å². The molecule has 13 heavy (non-hydrogen) atoms. The van der Waals surface area contributed by atoms with Crippen molar-refractivity contribution in [1.29, 1.82) is 0 Å². The van der Waals surface area contributed by atoms with Crippen molar-refractivity contribution >= 4 is 17.7 Å². The molecule has 1 aliphatic heterocycles. The summed E-state index contributed by atoms with van der Waals surface area (Å²) in [4.78, 5) is 11.2. The Hall–Kier alpha value is -0.220. The van der Waals surface area contributed by atoms with Crippen LogP contribution in [0.5, 0.6) is 0 Å². The number of hydrogen-bond acceptors (Lipinski definition) is 3. The Morgan fingerprint density at radius 2 is 2.38 bits per heavy atom. The van der Waals surface area contributed by atoms with Gasteiger partial charge in [-0.25, -0.2) is 0 Å². The minimum absolute atomic E-state index is 0.157. The van der Waals surface area contributed by atoms with Gasteiger partial charge in [0, 0.05) is 18.3 Å². The molecule has 2 N–H and O–H groups in total. The molecule has 76 valence electrons. The minimum atomic E-state index is 0.157. The SMILES string of the molecule is CCNC(=O)CC1NC(CC)CS1. The Morgan fingerprint density at radius 1 is 1.62 bits per heavy atom. The van der Waals surface area contributed by atoms with Gasteiger partial charge < -0.3 is 10.6 Å². The molecule has 1 fully saturated rings. The van der Waals surface area contributed by atoms with Gasteiger partial charge in [0.15, 0.2) is 0 Å². The normalized spacial score (nSPS) is 27.5. The summed E-state index contributed by atoms with van der Waals surface area (Å²) in [5.74, 6) is 1.30. The van der Waals surface area contributed by atoms with Gasteiger partial charge in [0.1, 0.15) is 0 Å². The van der Waals surface area contributed by atoms with Crippen LogP contribution in [-0.2, 0) is 4.79 Å². The van der Waals surface area contributed by atoms with Gasteiger partial charge in [-0.2, -0.15) is 0 Å². The number of amides is 1. The fraction of sp³-hybridized carbons (Fsp3) is 0.889. The monoisotopic (exact) mass is 202 g/mol. The Bertz CT molecular complexity index is 175. The van der Waals surface area contributed by atoms with Gasteiger partial charge >= 0.3 is 0 Å². The molecule has 1 saturated heterocycles. The molecular formula is C9H18N2OS. The summed E-state index contributed by atoms with van der Waals surface area (Å²) in [5, 5.41) is 6.58. The topological polar surface area (TPSA) is 41.1 Å². The van der Waals surface area contributed by atoms with Gasteiger partial charge in [-0.15, -0.1) is 11.8 Å². The highest BCUT2D eigenvalue weighted by Crippen LogP contribution is 2.22. The molecular weight excluding hydrogens is 184 g/mol. The largest absolute Gasteiger partial charge is 0.356 e. The summed E-state index contributed by atoms with van der Waals surface area (Å²) >= 11 is 1.86. The number of hydrogen-bond donors (Lipinski definition) is 2. The van der Waals surface area contributed by atoms with Gasteiger partial charge in [-0.1, -0.05) is 6.92 Å². The van der Waals surface area contributed by atoms with E-state index >= 15 is 0 Å². The van der Waals surface area contributed by atoms with Crippen molar-refractivity contribution in [2.75, 3.05) is 12.3 Å². The van der Waals surface area contributed by atoms with Crippen LogP contribution in [0.1, 0.15) is 26.7 Å². The highest BCUT2D eigenvalue weighted by Gasteiger charge is 2.24. The molecule has 0 bridgehead atoms. The number of thioether (sulfide) groups is 1. The maximum Gasteiger partial charge on any atom is 0.222 e. The van der Waals surface area contributed by atoms with Gasteiger partial charge in [0.05, 0.1) is 11.8 Å². The van der Waals surface area contributed by atoms with Crippen LogP contribution in [-0.4, -0.2) is 29.6 Å². The Balaban J connectivity index is 2.19. The summed E-state index contributed by atoms with van der Waals surface area (Å²) in [6.07, 6.45) is 1.76. The Labute approximate surface area is 84.0 Å². The minimum Gasteiger partial charge on any atom is -0.356 e. The number of nitrogens with one attached hydrogen (secondary N) is 2. The standard InChI is InChI=1S/C9H18N2OS/c1-3-7-6-13-9(11-7)5-8(12)10-4-2/h7,9,11H,3-6H2,1-2H3,(H,10,12). The maximum absolute atomic E-state index is 11.2. The third kappa shape index (κ3) is 3.56. The van der Waals surface area contributed by atoms with Crippen molar-refractivity contribution in [3.8, 4) is 0 Å². The molecule has 3 nitrogen and oxygen atoms in total. The highest BCUT2D eigenvalue weighted by molar-refractivity contribution is 8.00. The molecule has 0 aliphatic carbocycles. The Kier molecular flexibility index (Phi) is 4.59. The molecule has 0 radical (unpaired) electrons. The zero-order chi connectivity index (χ0) is 9.68. The van der Waals surface area contributed by atoms with Crippen LogP contribution in [0.4, 0.5) is 0 Å². The van der Waals surface area contributed by atoms with Crippen LogP contribution in [0.15, 0.2) is 0 Å². The predicted molar refractivity (Wildman–Crippen MR) is 56.8 cm³/mol. The first-order valence-corrected chi connectivity index (χ1v) is 5.95. The fourth-order valence-electron chi connectivity index (χ4n) is 1.38. The third-order valence-electron chi connectivity index (χ3n) is 2.16. The van der Waals surface area contributed by atoms with Crippen molar-refractivity contribution in [2.45, 2.75) is 38.1 Å². The molecule has 1 rings (SSSR count). The van der Waals surface area contributed by atoms with E-state index < -0.39 is 0 Å². The van der Waals surface area contributed by atoms with Crippen LogP contribution < -0.4 is 10.6 Å². The molecule has 2 atom stereocenters. The summed E-state index contributed by atoms with van der Waals surface area (Å²) in [6.45, 7) is 4.85. The average molecular weight is 202 g/mol. The van der Waals surface area contributed by atoms with Crippen molar-refractivity contribution < 1.29 is 4.79 Å². The van der Waals surface area contributed by atoms with Gasteiger partial charge in [-0.05, 0) is 13.3 Å². The van der Waals surface area contributed by atoms with E-state index in [0.29, 0.717) is 17.8 Å². The quantitative estimate of drug-likeness (QED) is 0.713. The molecule has 4 heteroatoms. The summed E-state index contributed by atoms with van der Waals surface area (Å²) in [7, 11) is 0. The summed E-state index contributed by atoms with van der Waals surface area (Å²) in [6, 6.07) is 0.601. The van der Waals surface area contributed by atoms with E-state index in [0.717, 1.165) is 18.7 Å². The first-order chi connectivity index (χ1) is 6.26. The maximum atomic E-state index is 11.2. The predicted octanol–water partition coefficient (Wildman–Crippen LogP) is 0.954. The van der Waals surface area contributed by atoms with E-state index in [1.165, 1.54) is 0 Å². The van der Waals surface area contributed by atoms with Crippen LogP contribution in [0.25, 0.3) is 0 Å². The van der Waals surface area contributed by atoms with Crippen LogP contribution in [0, 0.1) is 0 Å². The second-order valence-corrected chi connectivity index (χ2v) is 4.49. The van der Waals surface area contributed by atoms with Gasteiger partial charge in [0.25, 0.3) is 0 Å². The lowest BCUT2D eigenvalue weighted by Gasteiger charge is -2.11. The lowest BCUT2D eigenvalue weighted by molar-refractivity contribution is -0.121. The summed E-state index contributed by atoms with van der Waals surface area (Å²) in [5.41, 5.74) is 0. The first kappa shape index (κ1) is 10.9. The molecule has 0 saturated carbocycles. The lowest BCUT2D eigenvalue weighted by atomic mass is 10.2.